The maximum absolute atomic E-state index is 11.9. The minimum atomic E-state index is -0.0970. The third kappa shape index (κ3) is 6.72. The van der Waals surface area contributed by atoms with Gasteiger partial charge >= 0.3 is 0 Å². The zero-order chi connectivity index (χ0) is 17.5. The molecule has 0 radical (unpaired) electrons. The molecule has 1 aromatic carbocycles. The number of carbonyl (C=O) groups excluding carboxylic acids is 1. The van der Waals surface area contributed by atoms with Crippen LogP contribution in [0.2, 0.25) is 0 Å². The smallest absolute Gasteiger partial charge is 0.239 e. The molecular weight excluding hydrogens is 392 g/mol. The summed E-state index contributed by atoms with van der Waals surface area (Å²) in [5.74, 6) is -0.0970. The Morgan fingerprint density at radius 3 is 2.71 bits per heavy atom. The number of thiocarbonyl (C=S) groups is 1. The van der Waals surface area contributed by atoms with Crippen LogP contribution in [0.4, 0.5) is 5.69 Å². The van der Waals surface area contributed by atoms with Crippen molar-refractivity contribution < 1.29 is 9.53 Å². The van der Waals surface area contributed by atoms with Gasteiger partial charge in [-0.1, -0.05) is 22.0 Å². The second kappa shape index (κ2) is 9.31. The van der Waals surface area contributed by atoms with Gasteiger partial charge in [0, 0.05) is 36.2 Å². The van der Waals surface area contributed by atoms with Gasteiger partial charge in [-0.25, -0.2) is 0 Å². The van der Waals surface area contributed by atoms with E-state index in [0.717, 1.165) is 23.2 Å². The highest BCUT2D eigenvalue weighted by molar-refractivity contribution is 9.10. The number of halogens is 1. The summed E-state index contributed by atoms with van der Waals surface area (Å²) in [6.07, 6.45) is 0.820. The molecule has 0 aromatic heterocycles. The first-order valence-electron chi connectivity index (χ1n) is 7.91. The van der Waals surface area contributed by atoms with Gasteiger partial charge in [0.2, 0.25) is 5.91 Å². The van der Waals surface area contributed by atoms with E-state index in [2.05, 4.69) is 50.8 Å². The molecule has 8 heteroatoms. The van der Waals surface area contributed by atoms with Gasteiger partial charge in [-0.15, -0.1) is 0 Å². The average molecular weight is 415 g/mol. The number of anilines is 1. The van der Waals surface area contributed by atoms with Crippen LogP contribution < -0.4 is 16.2 Å². The summed E-state index contributed by atoms with van der Waals surface area (Å²) >= 11 is 8.55. The Hall–Kier alpha value is -1.22. The monoisotopic (exact) mass is 414 g/mol. The van der Waals surface area contributed by atoms with Gasteiger partial charge in [0.15, 0.2) is 5.11 Å². The molecule has 1 aliphatic rings. The highest BCUT2D eigenvalue weighted by Crippen LogP contribution is 2.15. The zero-order valence-electron chi connectivity index (χ0n) is 13.8. The number of nitrogens with one attached hydrogen (secondary N) is 3. The molecule has 1 fully saturated rings. The van der Waals surface area contributed by atoms with Crippen molar-refractivity contribution in [2.45, 2.75) is 32.5 Å². The lowest BCUT2D eigenvalue weighted by atomic mass is 10.2. The second-order valence-electron chi connectivity index (χ2n) is 5.90. The second-order valence-corrected chi connectivity index (χ2v) is 7.23. The summed E-state index contributed by atoms with van der Waals surface area (Å²) in [7, 11) is 0. The van der Waals surface area contributed by atoms with Gasteiger partial charge in [-0.05, 0) is 44.3 Å². The summed E-state index contributed by atoms with van der Waals surface area (Å²) in [4.78, 5) is 14.2. The highest BCUT2D eigenvalue weighted by atomic mass is 79.9. The summed E-state index contributed by atoms with van der Waals surface area (Å²) in [5, 5.41) is 3.35. The molecule has 1 amide bonds. The maximum Gasteiger partial charge on any atom is 0.239 e. The molecule has 1 aliphatic heterocycles. The molecule has 0 unspecified atom stereocenters. The maximum atomic E-state index is 11.9. The molecule has 2 atom stereocenters. The van der Waals surface area contributed by atoms with Gasteiger partial charge in [0.1, 0.15) is 0 Å². The lowest BCUT2D eigenvalue weighted by Crippen LogP contribution is -2.48. The number of hydrogen-bond acceptors (Lipinski definition) is 4. The molecule has 6 nitrogen and oxygen atoms in total. The van der Waals surface area contributed by atoms with Gasteiger partial charge in [-0.3, -0.25) is 20.5 Å². The fourth-order valence-corrected chi connectivity index (χ4v) is 3.21. The zero-order valence-corrected chi connectivity index (χ0v) is 16.2. The number of benzene rings is 1. The van der Waals surface area contributed by atoms with Crippen molar-refractivity contribution in [3.63, 3.8) is 0 Å². The van der Waals surface area contributed by atoms with Crippen LogP contribution in [0.15, 0.2) is 28.7 Å². The average Bonchev–Trinajstić information content (AvgIpc) is 2.50. The van der Waals surface area contributed by atoms with Crippen LogP contribution in [0, 0.1) is 0 Å². The molecule has 0 saturated carbocycles. The number of morpholine rings is 1. The molecule has 1 saturated heterocycles. The number of nitrogens with zero attached hydrogens (tertiary/aromatic N) is 1. The Bertz CT molecular complexity index is 577. The number of hydrogen-bond donors (Lipinski definition) is 3. The van der Waals surface area contributed by atoms with Gasteiger partial charge in [-0.2, -0.15) is 0 Å². The molecular formula is C16H23BrN4O2S. The Kier molecular flexibility index (Phi) is 7.41. The Balaban J connectivity index is 1.66. The molecule has 1 aromatic rings. The van der Waals surface area contributed by atoms with Crippen LogP contribution >= 0.6 is 28.1 Å². The Morgan fingerprint density at radius 1 is 1.33 bits per heavy atom. The molecule has 2 rings (SSSR count). The van der Waals surface area contributed by atoms with Crippen LogP contribution in [0.25, 0.3) is 0 Å². The van der Waals surface area contributed by atoms with Crippen molar-refractivity contribution in [2.75, 3.05) is 25.0 Å². The predicted molar refractivity (Wildman–Crippen MR) is 103 cm³/mol. The van der Waals surface area contributed by atoms with Gasteiger partial charge in [0.05, 0.1) is 12.2 Å². The number of amides is 1. The number of rotatable bonds is 4. The first-order chi connectivity index (χ1) is 11.4. The lowest BCUT2D eigenvalue weighted by Gasteiger charge is -2.35. The summed E-state index contributed by atoms with van der Waals surface area (Å²) in [6, 6.07) is 7.62. The minimum Gasteiger partial charge on any atom is -0.373 e. The van der Waals surface area contributed by atoms with E-state index in [1.54, 1.807) is 0 Å². The Morgan fingerprint density at radius 2 is 2.04 bits per heavy atom. The third-order valence-corrected chi connectivity index (χ3v) is 4.25. The third-order valence-electron chi connectivity index (χ3n) is 3.55. The van der Waals surface area contributed by atoms with E-state index in [0.29, 0.717) is 18.1 Å². The van der Waals surface area contributed by atoms with Crippen molar-refractivity contribution in [3.8, 4) is 0 Å². The van der Waals surface area contributed by atoms with Crippen molar-refractivity contribution in [2.24, 2.45) is 0 Å². The minimum absolute atomic E-state index is 0.0970. The summed E-state index contributed by atoms with van der Waals surface area (Å²) in [6.45, 7) is 6.52. The fourth-order valence-electron chi connectivity index (χ4n) is 2.64. The number of ether oxygens (including phenoxy) is 1. The largest absolute Gasteiger partial charge is 0.373 e. The van der Waals surface area contributed by atoms with E-state index in [4.69, 9.17) is 17.0 Å². The summed E-state index contributed by atoms with van der Waals surface area (Å²) < 4.78 is 6.64. The van der Waals surface area contributed by atoms with Gasteiger partial charge < -0.3 is 10.1 Å². The SMILES string of the molecule is C[C@@H]1CN(CCC(=O)NNC(=S)Nc2cccc(Br)c2)C[C@@H](C)O1. The molecule has 0 bridgehead atoms. The van der Waals surface area contributed by atoms with Crippen molar-refractivity contribution in [1.29, 1.82) is 0 Å². The lowest BCUT2D eigenvalue weighted by molar-refractivity contribution is -0.123. The first kappa shape index (κ1) is 19.1. The van der Waals surface area contributed by atoms with Crippen molar-refractivity contribution >= 4 is 44.9 Å². The number of hydrazine groups is 1. The molecule has 1 heterocycles. The highest BCUT2D eigenvalue weighted by Gasteiger charge is 2.22. The molecule has 0 spiro atoms. The van der Waals surface area contributed by atoms with E-state index in [-0.39, 0.29) is 18.1 Å². The van der Waals surface area contributed by atoms with E-state index in [1.165, 1.54) is 0 Å². The van der Waals surface area contributed by atoms with Crippen LogP contribution in [-0.2, 0) is 9.53 Å². The van der Waals surface area contributed by atoms with Crippen molar-refractivity contribution in [3.05, 3.63) is 28.7 Å². The molecule has 3 N–H and O–H groups in total. The predicted octanol–water partition coefficient (Wildman–Crippen LogP) is 2.27. The molecule has 132 valence electrons. The van der Waals surface area contributed by atoms with Crippen LogP contribution in [0.5, 0.6) is 0 Å². The van der Waals surface area contributed by atoms with E-state index in [1.807, 2.05) is 24.3 Å². The topological polar surface area (TPSA) is 65.6 Å². The molecule has 0 aliphatic carbocycles. The van der Waals surface area contributed by atoms with Crippen LogP contribution in [-0.4, -0.2) is 47.8 Å². The van der Waals surface area contributed by atoms with Crippen molar-refractivity contribution in [1.82, 2.24) is 15.8 Å². The molecule has 24 heavy (non-hydrogen) atoms. The standard InChI is InChI=1S/C16H23BrN4O2S/c1-11-9-21(10-12(2)23-11)7-6-15(22)19-20-16(24)18-14-5-3-4-13(17)8-14/h3-5,8,11-12H,6-7,9-10H2,1-2H3,(H,19,22)(H2,18,20,24)/t11-,12-/m1/s1. The van der Waals surface area contributed by atoms with E-state index in [9.17, 15) is 4.79 Å². The quantitative estimate of drug-likeness (QED) is 0.518. The Labute approximate surface area is 156 Å². The normalized spacial score (nSPS) is 21.1. The number of carbonyl (C=O) groups is 1. The van der Waals surface area contributed by atoms with E-state index < -0.39 is 0 Å². The summed E-state index contributed by atoms with van der Waals surface area (Å²) in [5.41, 5.74) is 6.18. The van der Waals surface area contributed by atoms with E-state index >= 15 is 0 Å². The first-order valence-corrected chi connectivity index (χ1v) is 9.11. The van der Waals surface area contributed by atoms with Crippen LogP contribution in [0.1, 0.15) is 20.3 Å². The van der Waals surface area contributed by atoms with Gasteiger partial charge in [0.25, 0.3) is 0 Å². The van der Waals surface area contributed by atoms with Crippen LogP contribution in [0.3, 0.4) is 0 Å². The fraction of sp³-hybridized carbons (Fsp3) is 0.500.